The van der Waals surface area contributed by atoms with Gasteiger partial charge in [0.1, 0.15) is 0 Å². The quantitative estimate of drug-likeness (QED) is 0.199. The summed E-state index contributed by atoms with van der Waals surface area (Å²) < 4.78 is 0. The van der Waals surface area contributed by atoms with E-state index >= 15 is 0 Å². The molecule has 16 unspecified atom stereocenters. The number of hydrogen-bond acceptors (Lipinski definition) is 0. The minimum atomic E-state index is 0.928. The molecule has 0 aromatic carbocycles. The molecule has 0 heterocycles. The second kappa shape index (κ2) is 16.5. The highest BCUT2D eigenvalue weighted by Crippen LogP contribution is 2.65. The van der Waals surface area contributed by atoms with E-state index in [1.54, 1.807) is 141 Å². The van der Waals surface area contributed by atoms with E-state index in [1.807, 2.05) is 0 Å². The summed E-state index contributed by atoms with van der Waals surface area (Å²) in [5, 5.41) is 0. The fourth-order valence-corrected chi connectivity index (χ4v) is 18.6. The van der Waals surface area contributed by atoms with Crippen LogP contribution in [0.5, 0.6) is 0 Å². The molecule has 0 aliphatic heterocycles. The van der Waals surface area contributed by atoms with Gasteiger partial charge in [-0.3, -0.25) is 0 Å². The number of hydrogen-bond donors (Lipinski definition) is 0. The van der Waals surface area contributed by atoms with Crippen LogP contribution in [-0.2, 0) is 0 Å². The van der Waals surface area contributed by atoms with Crippen molar-refractivity contribution in [2.75, 3.05) is 0 Å². The fraction of sp³-hybridized carbons (Fsp3) is 0.961. The highest BCUT2D eigenvalue weighted by Gasteiger charge is 2.57. The lowest BCUT2D eigenvalue weighted by Crippen LogP contribution is -2.52. The standard InChI is InChI=1S/C51H84/c1-3-15-36(16-4-2)48-40-19-8-11-22-43(40)50(44-23-12-9-20-41(44)48)38-29-27-34(32-38)31-35-28-30-39(33-35)51-45-24-13-10-21-42(45)49(37-17-6-5-7-18-37)46-25-14-26-47(46)51/h8,19,34-51H,3-7,9-18,20-33H2,1-2H3. The first kappa shape index (κ1) is 36.4. The maximum atomic E-state index is 2.84. The first-order chi connectivity index (χ1) is 25.2. The van der Waals surface area contributed by atoms with E-state index in [2.05, 4.69) is 26.0 Å². The van der Waals surface area contributed by atoms with Crippen LogP contribution in [0.4, 0.5) is 0 Å². The van der Waals surface area contributed by atoms with Crippen LogP contribution in [0.1, 0.15) is 200 Å². The molecule has 8 fully saturated rings. The summed E-state index contributed by atoms with van der Waals surface area (Å²) >= 11 is 0. The van der Waals surface area contributed by atoms with Crippen LogP contribution in [0.3, 0.4) is 0 Å². The smallest absolute Gasteiger partial charge is 0.0168 e. The largest absolute Gasteiger partial charge is 0.0882 e. The van der Waals surface area contributed by atoms with Gasteiger partial charge in [-0.1, -0.05) is 129 Å². The Labute approximate surface area is 317 Å². The molecular formula is C51H84. The van der Waals surface area contributed by atoms with Gasteiger partial charge in [0.25, 0.3) is 0 Å². The molecule has 288 valence electrons. The average Bonchev–Trinajstić information content (AvgIpc) is 3.95. The summed E-state index contributed by atoms with van der Waals surface area (Å²) in [7, 11) is 0. The molecule has 9 aliphatic rings. The minimum Gasteiger partial charge on any atom is -0.0882 e. The Kier molecular flexibility index (Phi) is 11.7. The van der Waals surface area contributed by atoms with Crippen molar-refractivity contribution in [3.8, 4) is 0 Å². The zero-order valence-corrected chi connectivity index (χ0v) is 34.1. The molecular weight excluding hydrogens is 613 g/mol. The maximum absolute atomic E-state index is 2.84. The highest BCUT2D eigenvalue weighted by molar-refractivity contribution is 5.11. The Morgan fingerprint density at radius 1 is 0.451 bits per heavy atom. The van der Waals surface area contributed by atoms with Crippen molar-refractivity contribution in [1.82, 2.24) is 0 Å². The lowest BCUT2D eigenvalue weighted by molar-refractivity contribution is -0.0809. The van der Waals surface area contributed by atoms with Crippen molar-refractivity contribution in [3.05, 3.63) is 12.2 Å². The lowest BCUT2D eigenvalue weighted by atomic mass is 9.47. The van der Waals surface area contributed by atoms with E-state index in [4.69, 9.17) is 0 Å². The predicted octanol–water partition coefficient (Wildman–Crippen LogP) is 15.1. The Morgan fingerprint density at radius 3 is 1.53 bits per heavy atom. The molecule has 51 heavy (non-hydrogen) atoms. The first-order valence-electron chi connectivity index (χ1n) is 24.9. The van der Waals surface area contributed by atoms with Gasteiger partial charge < -0.3 is 0 Å². The van der Waals surface area contributed by atoms with Gasteiger partial charge in [-0.2, -0.15) is 0 Å². The van der Waals surface area contributed by atoms with Gasteiger partial charge in [0, 0.05) is 0 Å². The summed E-state index contributed by atoms with van der Waals surface area (Å²) in [6.45, 7) is 4.96. The van der Waals surface area contributed by atoms with E-state index in [1.165, 1.54) is 44.9 Å². The minimum absolute atomic E-state index is 0.928. The second-order valence-corrected chi connectivity index (χ2v) is 21.9. The zero-order valence-electron chi connectivity index (χ0n) is 34.1. The van der Waals surface area contributed by atoms with Crippen molar-refractivity contribution in [1.29, 1.82) is 0 Å². The lowest BCUT2D eigenvalue weighted by Gasteiger charge is -2.58. The van der Waals surface area contributed by atoms with Crippen molar-refractivity contribution in [2.24, 2.45) is 107 Å². The zero-order chi connectivity index (χ0) is 34.3. The SMILES string of the molecule is CCCC(CCC)C1C2C=CCCC2C(C2CCC(CC3CCC(C4C5CCCCC5C(C5CCCCC5)C5CCCC54)C3)C2)C2CCCCC21. The van der Waals surface area contributed by atoms with Gasteiger partial charge in [0.2, 0.25) is 0 Å². The Morgan fingerprint density at radius 2 is 0.941 bits per heavy atom. The average molecular weight is 697 g/mol. The van der Waals surface area contributed by atoms with Gasteiger partial charge in [-0.05, 0) is 190 Å². The van der Waals surface area contributed by atoms with Gasteiger partial charge in [0.05, 0.1) is 0 Å². The van der Waals surface area contributed by atoms with Gasteiger partial charge >= 0.3 is 0 Å². The molecule has 0 bridgehead atoms. The number of rotatable bonds is 10. The summed E-state index contributed by atoms with van der Waals surface area (Å²) in [6, 6.07) is 0. The van der Waals surface area contributed by atoms with Crippen molar-refractivity contribution in [3.63, 3.8) is 0 Å². The third-order valence-corrected chi connectivity index (χ3v) is 19.8. The molecule has 0 heteroatoms. The van der Waals surface area contributed by atoms with Crippen LogP contribution in [-0.4, -0.2) is 0 Å². The maximum Gasteiger partial charge on any atom is -0.0168 e. The molecule has 9 aliphatic carbocycles. The molecule has 0 nitrogen and oxygen atoms in total. The van der Waals surface area contributed by atoms with Crippen LogP contribution >= 0.6 is 0 Å². The molecule has 0 aromatic heterocycles. The number of allylic oxidation sites excluding steroid dienone is 2. The van der Waals surface area contributed by atoms with E-state index < -0.39 is 0 Å². The van der Waals surface area contributed by atoms with E-state index in [-0.39, 0.29) is 0 Å². The highest BCUT2D eigenvalue weighted by atomic mass is 14.6. The van der Waals surface area contributed by atoms with E-state index in [0.29, 0.717) is 0 Å². The molecule has 8 saturated carbocycles. The third kappa shape index (κ3) is 7.06. The van der Waals surface area contributed by atoms with Crippen molar-refractivity contribution < 1.29 is 0 Å². The van der Waals surface area contributed by atoms with Crippen molar-refractivity contribution >= 4 is 0 Å². The molecule has 0 saturated heterocycles. The number of fused-ring (bicyclic) bond motifs is 4. The first-order valence-corrected chi connectivity index (χ1v) is 24.9. The normalized spacial score (nSPS) is 48.7. The van der Waals surface area contributed by atoms with Gasteiger partial charge in [0.15, 0.2) is 0 Å². The Bertz CT molecular complexity index is 1120. The summed E-state index contributed by atoms with van der Waals surface area (Å²) in [5.74, 6) is 19.5. The predicted molar refractivity (Wildman–Crippen MR) is 217 cm³/mol. The Balaban J connectivity index is 0.867. The van der Waals surface area contributed by atoms with Crippen LogP contribution in [0.2, 0.25) is 0 Å². The molecule has 16 atom stereocenters. The van der Waals surface area contributed by atoms with Crippen LogP contribution in [0.15, 0.2) is 12.2 Å². The summed E-state index contributed by atoms with van der Waals surface area (Å²) in [4.78, 5) is 0. The molecule has 0 aromatic rings. The van der Waals surface area contributed by atoms with E-state index in [9.17, 15) is 0 Å². The molecule has 9 rings (SSSR count). The molecule has 0 N–H and O–H groups in total. The monoisotopic (exact) mass is 697 g/mol. The molecule has 0 radical (unpaired) electrons. The second-order valence-electron chi connectivity index (χ2n) is 21.9. The molecule has 0 spiro atoms. The van der Waals surface area contributed by atoms with Gasteiger partial charge in [-0.15, -0.1) is 0 Å². The van der Waals surface area contributed by atoms with Crippen LogP contribution in [0, 0.1) is 107 Å². The molecule has 0 amide bonds. The fourth-order valence-electron chi connectivity index (χ4n) is 18.6. The van der Waals surface area contributed by atoms with Crippen LogP contribution in [0.25, 0.3) is 0 Å². The topological polar surface area (TPSA) is 0 Å². The van der Waals surface area contributed by atoms with Crippen LogP contribution < -0.4 is 0 Å². The van der Waals surface area contributed by atoms with Crippen molar-refractivity contribution in [2.45, 2.75) is 200 Å². The third-order valence-electron chi connectivity index (χ3n) is 19.8. The van der Waals surface area contributed by atoms with Gasteiger partial charge in [-0.25, -0.2) is 0 Å². The Hall–Kier alpha value is -0.260. The summed E-state index contributed by atoms with van der Waals surface area (Å²) in [6.07, 6.45) is 51.0. The summed E-state index contributed by atoms with van der Waals surface area (Å²) in [5.41, 5.74) is 0. The van der Waals surface area contributed by atoms with E-state index in [0.717, 1.165) is 107 Å².